The number of ether oxygens (including phenoxy) is 1. The molecule has 0 atom stereocenters. The van der Waals surface area contributed by atoms with E-state index in [1.54, 1.807) is 24.3 Å². The molecule has 0 fully saturated rings. The summed E-state index contributed by atoms with van der Waals surface area (Å²) in [6.45, 7) is 4.17. The zero-order valence-electron chi connectivity index (χ0n) is 13.4. The van der Waals surface area contributed by atoms with Crippen molar-refractivity contribution in [2.45, 2.75) is 19.8 Å². The summed E-state index contributed by atoms with van der Waals surface area (Å²) in [5.74, 6) is -0.315. The van der Waals surface area contributed by atoms with E-state index in [2.05, 4.69) is 24.0 Å². The van der Waals surface area contributed by atoms with E-state index in [1.165, 1.54) is 0 Å². The molecule has 0 spiro atoms. The van der Waals surface area contributed by atoms with Gasteiger partial charge in [-0.3, -0.25) is 0 Å². The largest absolute Gasteiger partial charge is 0.460 e. The summed E-state index contributed by atoms with van der Waals surface area (Å²) in [5.41, 5.74) is 1.68. The summed E-state index contributed by atoms with van der Waals surface area (Å²) in [5, 5.41) is 0.608. The number of hydrogen-bond donors (Lipinski definition) is 0. The molecule has 122 valence electrons. The van der Waals surface area contributed by atoms with Crippen LogP contribution in [0.4, 0.5) is 5.69 Å². The average molecular weight is 332 g/mol. The van der Waals surface area contributed by atoms with Crippen LogP contribution in [-0.2, 0) is 4.74 Å². The molecule has 23 heavy (non-hydrogen) atoms. The Balaban J connectivity index is 1.88. The fourth-order valence-electron chi connectivity index (χ4n) is 2.28. The summed E-state index contributed by atoms with van der Waals surface area (Å²) in [6.07, 6.45) is 2.24. The zero-order chi connectivity index (χ0) is 16.5. The van der Waals surface area contributed by atoms with Gasteiger partial charge < -0.3 is 9.64 Å². The number of hydrogen-bond acceptors (Lipinski definition) is 3. The number of benzene rings is 2. The van der Waals surface area contributed by atoms with Crippen molar-refractivity contribution < 1.29 is 9.53 Å². The number of unbranched alkanes of at least 4 members (excludes halogenated alkanes) is 1. The van der Waals surface area contributed by atoms with Crippen LogP contribution in [0.3, 0.4) is 0 Å². The predicted molar refractivity (Wildman–Crippen MR) is 95.3 cm³/mol. The third-order valence-corrected chi connectivity index (χ3v) is 3.83. The molecular formula is C19H22ClNO2. The highest BCUT2D eigenvalue weighted by molar-refractivity contribution is 6.30. The number of esters is 1. The number of anilines is 1. The van der Waals surface area contributed by atoms with Crippen LogP contribution in [0.25, 0.3) is 0 Å². The highest BCUT2D eigenvalue weighted by Gasteiger charge is 2.09. The van der Waals surface area contributed by atoms with Crippen LogP contribution in [-0.4, -0.2) is 25.7 Å². The number of para-hydroxylation sites is 1. The van der Waals surface area contributed by atoms with Crippen LogP contribution < -0.4 is 4.90 Å². The number of carbonyl (C=O) groups is 1. The summed E-state index contributed by atoms with van der Waals surface area (Å²) < 4.78 is 5.38. The molecule has 0 saturated heterocycles. The molecule has 2 aromatic carbocycles. The number of carbonyl (C=O) groups excluding carboxylic acids is 1. The van der Waals surface area contributed by atoms with Gasteiger partial charge in [0.25, 0.3) is 0 Å². The lowest BCUT2D eigenvalue weighted by Gasteiger charge is -2.24. The second-order valence-corrected chi connectivity index (χ2v) is 5.76. The fraction of sp³-hybridized carbons (Fsp3) is 0.316. The van der Waals surface area contributed by atoms with Crippen LogP contribution in [0.1, 0.15) is 30.1 Å². The van der Waals surface area contributed by atoms with E-state index in [0.717, 1.165) is 25.1 Å². The van der Waals surface area contributed by atoms with Crippen LogP contribution in [0, 0.1) is 0 Å². The molecule has 0 aliphatic heterocycles. The molecule has 0 heterocycles. The molecule has 2 aromatic rings. The van der Waals surface area contributed by atoms with Gasteiger partial charge in [-0.1, -0.05) is 43.1 Å². The Hall–Kier alpha value is -2.00. The molecule has 3 nitrogen and oxygen atoms in total. The summed E-state index contributed by atoms with van der Waals surface area (Å²) in [4.78, 5) is 14.3. The van der Waals surface area contributed by atoms with Crippen molar-refractivity contribution in [1.29, 1.82) is 0 Å². The van der Waals surface area contributed by atoms with E-state index in [9.17, 15) is 4.79 Å². The van der Waals surface area contributed by atoms with E-state index < -0.39 is 0 Å². The van der Waals surface area contributed by atoms with E-state index >= 15 is 0 Å². The van der Waals surface area contributed by atoms with Crippen molar-refractivity contribution >= 4 is 23.3 Å². The number of halogens is 1. The van der Waals surface area contributed by atoms with Crippen molar-refractivity contribution in [2.75, 3.05) is 24.6 Å². The summed E-state index contributed by atoms with van der Waals surface area (Å²) in [7, 11) is 0. The maximum atomic E-state index is 12.0. The zero-order valence-corrected chi connectivity index (χ0v) is 14.1. The molecule has 0 radical (unpaired) electrons. The van der Waals surface area contributed by atoms with E-state index in [4.69, 9.17) is 16.3 Å². The monoisotopic (exact) mass is 331 g/mol. The van der Waals surface area contributed by atoms with E-state index in [0.29, 0.717) is 23.7 Å². The Bertz CT molecular complexity index is 599. The van der Waals surface area contributed by atoms with Crippen molar-refractivity contribution in [3.8, 4) is 0 Å². The maximum Gasteiger partial charge on any atom is 0.338 e. The van der Waals surface area contributed by atoms with Gasteiger partial charge in [0.15, 0.2) is 0 Å². The topological polar surface area (TPSA) is 29.5 Å². The minimum absolute atomic E-state index is 0.315. The predicted octanol–water partition coefficient (Wildman–Crippen LogP) is 4.80. The lowest BCUT2D eigenvalue weighted by molar-refractivity contribution is 0.0515. The first-order valence-electron chi connectivity index (χ1n) is 7.93. The Labute approximate surface area is 142 Å². The molecule has 0 N–H and O–H groups in total. The second-order valence-electron chi connectivity index (χ2n) is 5.32. The number of nitrogens with zero attached hydrogens (tertiary/aromatic N) is 1. The fourth-order valence-corrected chi connectivity index (χ4v) is 2.40. The van der Waals surface area contributed by atoms with Crippen LogP contribution >= 0.6 is 11.6 Å². The minimum atomic E-state index is -0.315. The first kappa shape index (κ1) is 17.4. The summed E-state index contributed by atoms with van der Waals surface area (Å²) in [6, 6.07) is 16.9. The van der Waals surface area contributed by atoms with Crippen molar-refractivity contribution in [3.05, 3.63) is 65.2 Å². The maximum absolute atomic E-state index is 12.0. The van der Waals surface area contributed by atoms with Gasteiger partial charge >= 0.3 is 5.97 Å². The summed E-state index contributed by atoms with van der Waals surface area (Å²) >= 11 is 5.82. The Morgan fingerprint density at radius 1 is 1.04 bits per heavy atom. The second kappa shape index (κ2) is 9.21. The molecule has 2 rings (SSSR count). The van der Waals surface area contributed by atoms with Gasteiger partial charge in [-0.2, -0.15) is 0 Å². The molecule has 0 aromatic heterocycles. The van der Waals surface area contributed by atoms with Gasteiger partial charge in [0.2, 0.25) is 0 Å². The normalized spacial score (nSPS) is 10.3. The Morgan fingerprint density at radius 3 is 2.39 bits per heavy atom. The van der Waals surface area contributed by atoms with Crippen molar-refractivity contribution in [3.63, 3.8) is 0 Å². The molecule has 0 aliphatic carbocycles. The molecule has 0 amide bonds. The van der Waals surface area contributed by atoms with Crippen LogP contribution in [0.5, 0.6) is 0 Å². The molecule has 0 unspecified atom stereocenters. The molecular weight excluding hydrogens is 310 g/mol. The standard InChI is InChI=1S/C19H22ClNO2/c1-2-3-13-21(18-7-5-4-6-8-18)14-15-23-19(22)16-9-11-17(20)12-10-16/h4-12H,2-3,13-15H2,1H3. The first-order chi connectivity index (χ1) is 11.2. The number of rotatable bonds is 8. The van der Waals surface area contributed by atoms with Gasteiger partial charge in [0.1, 0.15) is 6.61 Å². The van der Waals surface area contributed by atoms with Gasteiger partial charge in [0, 0.05) is 17.3 Å². The van der Waals surface area contributed by atoms with Crippen LogP contribution in [0.15, 0.2) is 54.6 Å². The highest BCUT2D eigenvalue weighted by atomic mass is 35.5. The highest BCUT2D eigenvalue weighted by Crippen LogP contribution is 2.14. The Kier molecular flexibility index (Phi) is 6.95. The molecule has 0 bridgehead atoms. The lowest BCUT2D eigenvalue weighted by atomic mass is 10.2. The Morgan fingerprint density at radius 2 is 1.74 bits per heavy atom. The molecule has 0 aliphatic rings. The van der Waals surface area contributed by atoms with Gasteiger partial charge in [0.05, 0.1) is 12.1 Å². The van der Waals surface area contributed by atoms with E-state index in [1.807, 2.05) is 18.2 Å². The lowest BCUT2D eigenvalue weighted by Crippen LogP contribution is -2.29. The quantitative estimate of drug-likeness (QED) is 0.650. The minimum Gasteiger partial charge on any atom is -0.460 e. The van der Waals surface area contributed by atoms with E-state index in [-0.39, 0.29) is 5.97 Å². The van der Waals surface area contributed by atoms with Crippen molar-refractivity contribution in [2.24, 2.45) is 0 Å². The van der Waals surface area contributed by atoms with Crippen molar-refractivity contribution in [1.82, 2.24) is 0 Å². The molecule has 0 saturated carbocycles. The SMILES string of the molecule is CCCCN(CCOC(=O)c1ccc(Cl)cc1)c1ccccc1. The average Bonchev–Trinajstić information content (AvgIpc) is 2.59. The van der Waals surface area contributed by atoms with Gasteiger partial charge in [-0.05, 0) is 42.8 Å². The third-order valence-electron chi connectivity index (χ3n) is 3.58. The smallest absolute Gasteiger partial charge is 0.338 e. The van der Waals surface area contributed by atoms with Gasteiger partial charge in [-0.15, -0.1) is 0 Å². The first-order valence-corrected chi connectivity index (χ1v) is 8.31. The third kappa shape index (κ3) is 5.61. The van der Waals surface area contributed by atoms with Gasteiger partial charge in [-0.25, -0.2) is 4.79 Å². The molecule has 4 heteroatoms. The van der Waals surface area contributed by atoms with Crippen LogP contribution in [0.2, 0.25) is 5.02 Å².